The van der Waals surface area contributed by atoms with Crippen LogP contribution >= 0.6 is 0 Å². The molecule has 0 amide bonds. The maximum absolute atomic E-state index is 14.3. The molecule has 4 rings (SSSR count). The lowest BCUT2D eigenvalue weighted by atomic mass is 9.96. The number of hydrogen-bond donors (Lipinski definition) is 3. The first-order chi connectivity index (χ1) is 15.3. The Bertz CT molecular complexity index is 990. The zero-order valence-corrected chi connectivity index (χ0v) is 18.9. The smallest absolute Gasteiger partial charge is 0.144 e. The number of amidine groups is 1. The molecule has 0 bridgehead atoms. The van der Waals surface area contributed by atoms with Gasteiger partial charge in [-0.1, -0.05) is 19.3 Å². The van der Waals surface area contributed by atoms with Crippen molar-refractivity contribution in [2.75, 3.05) is 18.0 Å². The van der Waals surface area contributed by atoms with Crippen molar-refractivity contribution in [2.24, 2.45) is 16.5 Å². The number of pyridine rings is 1. The van der Waals surface area contributed by atoms with E-state index in [-0.39, 0.29) is 29.9 Å². The number of benzene rings is 1. The van der Waals surface area contributed by atoms with Crippen molar-refractivity contribution in [3.05, 3.63) is 35.1 Å². The van der Waals surface area contributed by atoms with Gasteiger partial charge in [0.2, 0.25) is 0 Å². The van der Waals surface area contributed by atoms with Crippen molar-refractivity contribution in [3.8, 4) is 0 Å². The third-order valence-electron chi connectivity index (χ3n) is 6.59. The lowest BCUT2D eigenvalue weighted by Gasteiger charge is -2.40. The number of rotatable bonds is 5. The molecule has 7 nitrogen and oxygen atoms in total. The van der Waals surface area contributed by atoms with Gasteiger partial charge >= 0.3 is 0 Å². The summed E-state index contributed by atoms with van der Waals surface area (Å²) in [6, 6.07) is 4.95. The minimum absolute atomic E-state index is 0.0419. The van der Waals surface area contributed by atoms with Crippen molar-refractivity contribution in [1.82, 2.24) is 4.98 Å². The molecule has 174 valence electrons. The Balaban J connectivity index is 1.71. The number of aryl methyl sites for hydroxylation is 1. The number of nitrogens with two attached hydrogens (primary N) is 2. The highest BCUT2D eigenvalue weighted by molar-refractivity contribution is 6.05. The third-order valence-corrected chi connectivity index (χ3v) is 6.59. The zero-order valence-electron chi connectivity index (χ0n) is 18.9. The molecule has 3 unspecified atom stereocenters. The molecule has 2 aromatic rings. The van der Waals surface area contributed by atoms with E-state index in [0.717, 1.165) is 24.6 Å². The summed E-state index contributed by atoms with van der Waals surface area (Å²) in [4.78, 5) is 11.1. The molecule has 1 saturated carbocycles. The molecule has 2 fully saturated rings. The number of fused-ring (bicyclic) bond motifs is 1. The lowest BCUT2D eigenvalue weighted by molar-refractivity contribution is -0.0431. The fraction of sp³-hybridized carbons (Fsp3) is 0.583. The average molecular weight is 444 g/mol. The van der Waals surface area contributed by atoms with Gasteiger partial charge in [0.1, 0.15) is 23.7 Å². The first-order valence-corrected chi connectivity index (χ1v) is 11.6. The Kier molecular flexibility index (Phi) is 6.93. The van der Waals surface area contributed by atoms with Gasteiger partial charge < -0.3 is 26.2 Å². The molecule has 2 aliphatic rings. The number of hydrogen-bond acceptors (Lipinski definition) is 6. The van der Waals surface area contributed by atoms with E-state index in [1.54, 1.807) is 19.9 Å². The van der Waals surface area contributed by atoms with E-state index in [1.165, 1.54) is 25.3 Å². The topological polar surface area (TPSA) is 110 Å². The molecule has 3 atom stereocenters. The van der Waals surface area contributed by atoms with Crippen LogP contribution in [0.25, 0.3) is 10.9 Å². The van der Waals surface area contributed by atoms with Crippen LogP contribution in [0.2, 0.25) is 0 Å². The highest BCUT2D eigenvalue weighted by atomic mass is 19.1. The maximum Gasteiger partial charge on any atom is 0.144 e. The molecule has 0 radical (unpaired) electrons. The first kappa shape index (κ1) is 22.9. The van der Waals surface area contributed by atoms with E-state index in [4.69, 9.17) is 21.2 Å². The normalized spacial score (nSPS) is 24.2. The summed E-state index contributed by atoms with van der Waals surface area (Å²) >= 11 is 0. The zero-order chi connectivity index (χ0) is 22.8. The minimum Gasteiger partial charge on any atom is -0.383 e. The molecule has 2 heterocycles. The molecular weight excluding hydrogens is 409 g/mol. The first-order valence-electron chi connectivity index (χ1n) is 11.6. The number of ether oxygens (including phenoxy) is 1. The molecule has 1 aromatic carbocycles. The molecular formula is C24H34FN5O2. The van der Waals surface area contributed by atoms with Crippen LogP contribution in [0.15, 0.2) is 23.2 Å². The van der Waals surface area contributed by atoms with Gasteiger partial charge in [0, 0.05) is 30.1 Å². The number of anilines is 1. The van der Waals surface area contributed by atoms with Crippen LogP contribution in [0.5, 0.6) is 0 Å². The van der Waals surface area contributed by atoms with E-state index in [2.05, 4.69) is 9.89 Å². The van der Waals surface area contributed by atoms with Crippen LogP contribution in [-0.4, -0.2) is 53.5 Å². The molecule has 1 saturated heterocycles. The van der Waals surface area contributed by atoms with Gasteiger partial charge in [0.05, 0.1) is 23.3 Å². The van der Waals surface area contributed by atoms with Gasteiger partial charge in [0.15, 0.2) is 0 Å². The average Bonchev–Trinajstić information content (AvgIpc) is 2.77. The highest BCUT2D eigenvalue weighted by Crippen LogP contribution is 2.30. The summed E-state index contributed by atoms with van der Waals surface area (Å²) in [7, 11) is 0. The molecule has 32 heavy (non-hydrogen) atoms. The standard InChI is InChI=1S/C24H34FN5O2/c1-14-19(25)9-8-16-12-18(23(27)28-15(2)31)24(29-22(14)16)30-11-10-20(26)21(13-30)32-17-6-4-3-5-7-17/h8-9,12,15,17,20-21,31H,3-7,10-11,13,26H2,1-2H3,(H2,27,28). The van der Waals surface area contributed by atoms with E-state index in [9.17, 15) is 9.50 Å². The van der Waals surface area contributed by atoms with Gasteiger partial charge in [0.25, 0.3) is 0 Å². The van der Waals surface area contributed by atoms with Crippen molar-refractivity contribution in [3.63, 3.8) is 0 Å². The summed E-state index contributed by atoms with van der Waals surface area (Å²) in [5.74, 6) is 0.525. The Morgan fingerprint density at radius 3 is 2.75 bits per heavy atom. The van der Waals surface area contributed by atoms with Crippen molar-refractivity contribution in [1.29, 1.82) is 0 Å². The Morgan fingerprint density at radius 1 is 1.28 bits per heavy atom. The highest BCUT2D eigenvalue weighted by Gasteiger charge is 2.32. The summed E-state index contributed by atoms with van der Waals surface area (Å²) in [5.41, 5.74) is 14.4. The number of halogens is 1. The summed E-state index contributed by atoms with van der Waals surface area (Å²) < 4.78 is 20.7. The fourth-order valence-corrected chi connectivity index (χ4v) is 4.77. The largest absolute Gasteiger partial charge is 0.383 e. The number of aliphatic hydroxyl groups is 1. The molecule has 1 aliphatic heterocycles. The second-order valence-electron chi connectivity index (χ2n) is 9.08. The quantitative estimate of drug-likeness (QED) is 0.484. The molecule has 1 aliphatic carbocycles. The van der Waals surface area contributed by atoms with Crippen LogP contribution in [0.1, 0.15) is 56.6 Å². The molecule has 5 N–H and O–H groups in total. The van der Waals surface area contributed by atoms with Gasteiger partial charge in [-0.2, -0.15) is 0 Å². The Morgan fingerprint density at radius 2 is 2.03 bits per heavy atom. The van der Waals surface area contributed by atoms with Crippen molar-refractivity contribution >= 4 is 22.6 Å². The second-order valence-corrected chi connectivity index (χ2v) is 9.08. The lowest BCUT2D eigenvalue weighted by Crippen LogP contribution is -2.53. The molecule has 1 aromatic heterocycles. The SMILES string of the molecule is Cc1c(F)ccc2cc(C(N)=NC(C)O)c(N3CCC(N)C(OC4CCCCC4)C3)nc12. The third kappa shape index (κ3) is 4.87. The maximum atomic E-state index is 14.3. The monoisotopic (exact) mass is 443 g/mol. The van der Waals surface area contributed by atoms with Gasteiger partial charge in [-0.05, 0) is 51.3 Å². The van der Waals surface area contributed by atoms with Crippen LogP contribution in [0, 0.1) is 12.7 Å². The van der Waals surface area contributed by atoms with Gasteiger partial charge in [-0.15, -0.1) is 0 Å². The van der Waals surface area contributed by atoms with Crippen LogP contribution in [-0.2, 0) is 4.74 Å². The Hall–Kier alpha value is -2.29. The predicted octanol–water partition coefficient (Wildman–Crippen LogP) is 2.98. The number of piperidine rings is 1. The second kappa shape index (κ2) is 9.68. The van der Waals surface area contributed by atoms with Crippen molar-refractivity contribution in [2.45, 2.75) is 76.9 Å². The summed E-state index contributed by atoms with van der Waals surface area (Å²) in [6.07, 6.45) is 5.78. The Labute approximate surface area is 188 Å². The number of aliphatic hydroxyl groups excluding tert-OH is 1. The van der Waals surface area contributed by atoms with E-state index in [1.807, 2.05) is 6.07 Å². The summed E-state index contributed by atoms with van der Waals surface area (Å²) in [5, 5.41) is 10.5. The van der Waals surface area contributed by atoms with Crippen molar-refractivity contribution < 1.29 is 14.2 Å². The van der Waals surface area contributed by atoms with E-state index < -0.39 is 6.23 Å². The predicted molar refractivity (Wildman–Crippen MR) is 125 cm³/mol. The fourth-order valence-electron chi connectivity index (χ4n) is 4.77. The van der Waals surface area contributed by atoms with Gasteiger partial charge in [-0.25, -0.2) is 14.4 Å². The number of aromatic nitrogens is 1. The number of aliphatic imine (C=N–C) groups is 1. The van der Waals surface area contributed by atoms with Gasteiger partial charge in [-0.3, -0.25) is 0 Å². The minimum atomic E-state index is -0.939. The van der Waals surface area contributed by atoms with E-state index >= 15 is 0 Å². The van der Waals surface area contributed by atoms with Crippen LogP contribution in [0.3, 0.4) is 0 Å². The molecule has 8 heteroatoms. The van der Waals surface area contributed by atoms with Crippen LogP contribution < -0.4 is 16.4 Å². The number of nitrogens with zero attached hydrogens (tertiary/aromatic N) is 3. The van der Waals surface area contributed by atoms with E-state index in [0.29, 0.717) is 35.6 Å². The summed E-state index contributed by atoms with van der Waals surface area (Å²) in [6.45, 7) is 4.55. The van der Waals surface area contributed by atoms with Crippen LogP contribution in [0.4, 0.5) is 10.2 Å². The molecule has 0 spiro atoms.